The minimum Gasteiger partial charge on any atom is -0.321 e. The van der Waals surface area contributed by atoms with Gasteiger partial charge in [-0.25, -0.2) is 13.4 Å². The van der Waals surface area contributed by atoms with Crippen LogP contribution in [0.2, 0.25) is 0 Å². The lowest BCUT2D eigenvalue weighted by Gasteiger charge is -2.08. The van der Waals surface area contributed by atoms with Crippen LogP contribution in [0.3, 0.4) is 0 Å². The molecule has 0 spiro atoms. The Labute approximate surface area is 133 Å². The zero-order chi connectivity index (χ0) is 16.4. The molecule has 23 heavy (non-hydrogen) atoms. The third-order valence-electron chi connectivity index (χ3n) is 3.27. The van der Waals surface area contributed by atoms with Crippen LogP contribution < -0.4 is 5.32 Å². The third-order valence-corrected chi connectivity index (χ3v) is 4.27. The van der Waals surface area contributed by atoms with Crippen LogP contribution in [-0.4, -0.2) is 30.5 Å². The summed E-state index contributed by atoms with van der Waals surface area (Å²) >= 11 is 0. The fraction of sp³-hybridized carbons (Fsp3) is 0.0625. The number of carbonyl (C=O) groups excluding carboxylic acids is 1. The van der Waals surface area contributed by atoms with Crippen molar-refractivity contribution in [2.24, 2.45) is 0 Å². The molecule has 0 aliphatic carbocycles. The van der Waals surface area contributed by atoms with Crippen LogP contribution in [0.25, 0.3) is 10.9 Å². The molecule has 1 amide bonds. The van der Waals surface area contributed by atoms with E-state index in [0.717, 1.165) is 17.2 Å². The normalized spacial score (nSPS) is 11.3. The highest BCUT2D eigenvalue weighted by atomic mass is 32.2. The molecule has 0 aliphatic rings. The van der Waals surface area contributed by atoms with Gasteiger partial charge in [-0.15, -0.1) is 0 Å². The average molecular weight is 327 g/mol. The predicted octanol–water partition coefficient (Wildman–Crippen LogP) is 2.29. The van der Waals surface area contributed by atoms with Gasteiger partial charge in [0.15, 0.2) is 14.9 Å². The van der Waals surface area contributed by atoms with Crippen molar-refractivity contribution in [3.05, 3.63) is 60.4 Å². The highest BCUT2D eigenvalue weighted by Gasteiger charge is 2.12. The second kappa shape index (κ2) is 5.77. The summed E-state index contributed by atoms with van der Waals surface area (Å²) in [6.45, 7) is 0. The van der Waals surface area contributed by atoms with E-state index in [4.69, 9.17) is 0 Å². The molecule has 0 fully saturated rings. The van der Waals surface area contributed by atoms with Crippen LogP contribution in [0.5, 0.6) is 0 Å². The van der Waals surface area contributed by atoms with Gasteiger partial charge in [0.25, 0.3) is 5.91 Å². The number of aromatic nitrogens is 2. The van der Waals surface area contributed by atoms with E-state index >= 15 is 0 Å². The number of pyridine rings is 2. The van der Waals surface area contributed by atoms with E-state index in [1.54, 1.807) is 12.3 Å². The van der Waals surface area contributed by atoms with Gasteiger partial charge in [-0.1, -0.05) is 18.2 Å². The summed E-state index contributed by atoms with van der Waals surface area (Å²) in [5, 5.41) is 3.41. The van der Waals surface area contributed by atoms with Gasteiger partial charge >= 0.3 is 0 Å². The summed E-state index contributed by atoms with van der Waals surface area (Å²) < 4.78 is 22.8. The Morgan fingerprint density at radius 3 is 2.52 bits per heavy atom. The molecule has 3 aromatic rings. The van der Waals surface area contributed by atoms with Crippen LogP contribution in [0.15, 0.2) is 59.9 Å². The molecular weight excluding hydrogens is 314 g/mol. The fourth-order valence-corrected chi connectivity index (χ4v) is 2.73. The number of hydrogen-bond acceptors (Lipinski definition) is 5. The number of hydrogen-bond donors (Lipinski definition) is 1. The Morgan fingerprint density at radius 1 is 1.04 bits per heavy atom. The van der Waals surface area contributed by atoms with Gasteiger partial charge in [0.1, 0.15) is 0 Å². The van der Waals surface area contributed by atoms with Gasteiger partial charge in [-0.3, -0.25) is 9.78 Å². The Morgan fingerprint density at radius 2 is 1.83 bits per heavy atom. The van der Waals surface area contributed by atoms with Crippen molar-refractivity contribution < 1.29 is 13.2 Å². The molecule has 0 unspecified atom stereocenters. The largest absolute Gasteiger partial charge is 0.321 e. The molecular formula is C16H13N3O3S. The van der Waals surface area contributed by atoms with E-state index in [-0.39, 0.29) is 10.9 Å². The van der Waals surface area contributed by atoms with E-state index < -0.39 is 9.84 Å². The molecule has 6 nitrogen and oxygen atoms in total. The van der Waals surface area contributed by atoms with Gasteiger partial charge in [0.2, 0.25) is 0 Å². The average Bonchev–Trinajstić information content (AvgIpc) is 2.54. The van der Waals surface area contributed by atoms with Crippen LogP contribution >= 0.6 is 0 Å². The number of anilines is 1. The third kappa shape index (κ3) is 3.19. The maximum Gasteiger partial charge on any atom is 0.256 e. The maximum atomic E-state index is 12.4. The van der Waals surface area contributed by atoms with Gasteiger partial charge in [-0.05, 0) is 24.3 Å². The monoisotopic (exact) mass is 327 g/mol. The standard InChI is InChI=1S/C16H13N3O3S/c1-23(21,22)15-7-6-11(10-18-15)19-16(20)13-8-9-17-14-5-3-2-4-12(13)14/h2-10H,1H3,(H,19,20). The first-order chi connectivity index (χ1) is 10.9. The van der Waals surface area contributed by atoms with Crippen LogP contribution in [0, 0.1) is 0 Å². The first kappa shape index (κ1) is 15.1. The van der Waals surface area contributed by atoms with E-state index in [0.29, 0.717) is 11.3 Å². The van der Waals surface area contributed by atoms with Crippen LogP contribution in [0.4, 0.5) is 5.69 Å². The summed E-state index contributed by atoms with van der Waals surface area (Å²) in [5.74, 6) is -0.308. The number of sulfone groups is 1. The highest BCUT2D eigenvalue weighted by Crippen LogP contribution is 2.18. The van der Waals surface area contributed by atoms with Crippen molar-refractivity contribution >= 4 is 32.3 Å². The molecule has 0 aliphatic heterocycles. The lowest BCUT2D eigenvalue weighted by molar-refractivity contribution is 0.102. The van der Waals surface area contributed by atoms with Crippen molar-refractivity contribution in [2.45, 2.75) is 5.03 Å². The summed E-state index contributed by atoms with van der Waals surface area (Å²) in [7, 11) is -3.36. The molecule has 1 aromatic carbocycles. The Hall–Kier alpha value is -2.80. The molecule has 0 radical (unpaired) electrons. The van der Waals surface area contributed by atoms with Crippen molar-refractivity contribution in [3.8, 4) is 0 Å². The Balaban J connectivity index is 1.89. The number of benzene rings is 1. The molecule has 2 heterocycles. The molecule has 116 valence electrons. The quantitative estimate of drug-likeness (QED) is 0.797. The predicted molar refractivity (Wildman–Crippen MR) is 87.0 cm³/mol. The lowest BCUT2D eigenvalue weighted by atomic mass is 10.1. The number of carbonyl (C=O) groups is 1. The minimum atomic E-state index is -3.36. The van der Waals surface area contributed by atoms with Crippen LogP contribution in [-0.2, 0) is 9.84 Å². The summed E-state index contributed by atoms with van der Waals surface area (Å²) in [4.78, 5) is 20.5. The smallest absolute Gasteiger partial charge is 0.256 e. The number of nitrogens with zero attached hydrogens (tertiary/aromatic N) is 2. The molecule has 0 saturated carbocycles. The summed E-state index contributed by atoms with van der Waals surface area (Å²) in [6, 6.07) is 11.8. The van der Waals surface area contributed by atoms with Gasteiger partial charge in [-0.2, -0.15) is 0 Å². The number of fused-ring (bicyclic) bond motifs is 1. The molecule has 0 atom stereocenters. The van der Waals surface area contributed by atoms with Crippen molar-refractivity contribution in [3.63, 3.8) is 0 Å². The molecule has 0 saturated heterocycles. The number of nitrogens with one attached hydrogen (secondary N) is 1. The van der Waals surface area contributed by atoms with Gasteiger partial charge in [0.05, 0.1) is 23.0 Å². The molecule has 0 bridgehead atoms. The Bertz CT molecular complexity index is 978. The van der Waals surface area contributed by atoms with Crippen LogP contribution in [0.1, 0.15) is 10.4 Å². The fourth-order valence-electron chi connectivity index (χ4n) is 2.17. The molecule has 7 heteroatoms. The van der Waals surface area contributed by atoms with E-state index in [1.165, 1.54) is 18.3 Å². The number of para-hydroxylation sites is 1. The van der Waals surface area contributed by atoms with Crippen molar-refractivity contribution in [1.29, 1.82) is 0 Å². The minimum absolute atomic E-state index is 0.0372. The Kier molecular flexibility index (Phi) is 3.79. The molecule has 3 rings (SSSR count). The first-order valence-corrected chi connectivity index (χ1v) is 8.65. The number of amides is 1. The van der Waals surface area contributed by atoms with Crippen molar-refractivity contribution in [2.75, 3.05) is 11.6 Å². The molecule has 1 N–H and O–H groups in total. The van der Waals surface area contributed by atoms with Crippen molar-refractivity contribution in [1.82, 2.24) is 9.97 Å². The number of rotatable bonds is 3. The van der Waals surface area contributed by atoms with Gasteiger partial charge in [0, 0.05) is 17.8 Å². The van der Waals surface area contributed by atoms with E-state index in [2.05, 4.69) is 15.3 Å². The van der Waals surface area contributed by atoms with E-state index in [1.807, 2.05) is 24.3 Å². The first-order valence-electron chi connectivity index (χ1n) is 6.76. The SMILES string of the molecule is CS(=O)(=O)c1ccc(NC(=O)c2ccnc3ccccc23)cn1. The second-order valence-electron chi connectivity index (χ2n) is 4.99. The highest BCUT2D eigenvalue weighted by molar-refractivity contribution is 7.90. The summed E-state index contributed by atoms with van der Waals surface area (Å²) in [5.41, 5.74) is 1.64. The lowest BCUT2D eigenvalue weighted by Crippen LogP contribution is -2.13. The topological polar surface area (TPSA) is 89.0 Å². The van der Waals surface area contributed by atoms with Gasteiger partial charge < -0.3 is 5.32 Å². The zero-order valence-corrected chi connectivity index (χ0v) is 13.0. The maximum absolute atomic E-state index is 12.4. The van der Waals surface area contributed by atoms with E-state index in [9.17, 15) is 13.2 Å². The molecule has 2 aromatic heterocycles. The second-order valence-corrected chi connectivity index (χ2v) is 6.95. The summed E-state index contributed by atoms with van der Waals surface area (Å²) in [6.07, 6.45) is 3.97. The zero-order valence-electron chi connectivity index (χ0n) is 12.2.